The van der Waals surface area contributed by atoms with Gasteiger partial charge in [0.15, 0.2) is 0 Å². The van der Waals surface area contributed by atoms with Crippen molar-refractivity contribution in [3.63, 3.8) is 0 Å². The summed E-state index contributed by atoms with van der Waals surface area (Å²) in [7, 11) is 0. The normalized spacial score (nSPS) is 18.1. The van der Waals surface area contributed by atoms with Gasteiger partial charge in [-0.1, -0.05) is 19.3 Å². The van der Waals surface area contributed by atoms with Crippen LogP contribution in [0.25, 0.3) is 0 Å². The maximum Gasteiger partial charge on any atom is 0.108 e. The first-order valence-corrected chi connectivity index (χ1v) is 6.02. The molecule has 0 aliphatic heterocycles. The van der Waals surface area contributed by atoms with Crippen molar-refractivity contribution >= 4 is 21.6 Å². The highest BCUT2D eigenvalue weighted by Crippen LogP contribution is 2.22. The van der Waals surface area contributed by atoms with Crippen molar-refractivity contribution in [2.24, 2.45) is 0 Å². The molecule has 0 saturated heterocycles. The van der Waals surface area contributed by atoms with Crippen LogP contribution in [0.1, 0.15) is 32.1 Å². The molecule has 1 aliphatic carbocycles. The van der Waals surface area contributed by atoms with Gasteiger partial charge in [-0.2, -0.15) is 0 Å². The topological polar surface area (TPSA) is 24.9 Å². The van der Waals surface area contributed by atoms with Crippen LogP contribution in [-0.4, -0.2) is 11.0 Å². The van der Waals surface area contributed by atoms with Crippen molar-refractivity contribution in [2.75, 3.05) is 5.32 Å². The summed E-state index contributed by atoms with van der Waals surface area (Å²) in [5.74, 6) is 0. The highest BCUT2D eigenvalue weighted by atomic mass is 79.9. The van der Waals surface area contributed by atoms with Gasteiger partial charge < -0.3 is 5.32 Å². The molecule has 76 valence electrons. The lowest BCUT2D eigenvalue weighted by atomic mass is 9.95. The predicted octanol–water partition coefficient (Wildman–Crippen LogP) is 3.59. The fraction of sp³-hybridized carbons (Fsp3) is 0.545. The molecule has 2 nitrogen and oxygen atoms in total. The molecule has 1 aliphatic rings. The van der Waals surface area contributed by atoms with E-state index in [0.29, 0.717) is 6.04 Å². The van der Waals surface area contributed by atoms with Gasteiger partial charge >= 0.3 is 0 Å². The minimum absolute atomic E-state index is 0.665. The first kappa shape index (κ1) is 9.97. The number of hydrogen-bond donors (Lipinski definition) is 1. The highest BCUT2D eigenvalue weighted by molar-refractivity contribution is 9.10. The number of hydrogen-bond acceptors (Lipinski definition) is 2. The lowest BCUT2D eigenvalue weighted by molar-refractivity contribution is 0.462. The molecule has 14 heavy (non-hydrogen) atoms. The molecular weight excluding hydrogens is 240 g/mol. The second kappa shape index (κ2) is 4.78. The van der Waals surface area contributed by atoms with Crippen molar-refractivity contribution in [1.82, 2.24) is 4.98 Å². The Kier molecular flexibility index (Phi) is 3.40. The van der Waals surface area contributed by atoms with Crippen LogP contribution in [-0.2, 0) is 0 Å². The Labute approximate surface area is 93.3 Å². The fourth-order valence-corrected chi connectivity index (χ4v) is 2.34. The van der Waals surface area contributed by atoms with Crippen LogP contribution in [0.2, 0.25) is 0 Å². The Balaban J connectivity index is 1.95. The van der Waals surface area contributed by atoms with Crippen LogP contribution in [0.4, 0.5) is 5.69 Å². The molecule has 1 heterocycles. The summed E-state index contributed by atoms with van der Waals surface area (Å²) in [6.07, 6.45) is 8.57. The van der Waals surface area contributed by atoms with Gasteiger partial charge in [-0.3, -0.25) is 0 Å². The Morgan fingerprint density at radius 2 is 2.07 bits per heavy atom. The number of halogens is 1. The number of nitrogens with zero attached hydrogens (tertiary/aromatic N) is 1. The monoisotopic (exact) mass is 254 g/mol. The maximum absolute atomic E-state index is 4.11. The molecule has 0 bridgehead atoms. The van der Waals surface area contributed by atoms with E-state index in [9.17, 15) is 0 Å². The summed E-state index contributed by atoms with van der Waals surface area (Å²) >= 11 is 3.38. The molecule has 1 N–H and O–H groups in total. The van der Waals surface area contributed by atoms with E-state index in [-0.39, 0.29) is 0 Å². The quantitative estimate of drug-likeness (QED) is 0.817. The summed E-state index contributed by atoms with van der Waals surface area (Å²) in [5.41, 5.74) is 1.18. The summed E-state index contributed by atoms with van der Waals surface area (Å²) in [4.78, 5) is 4.11. The van der Waals surface area contributed by atoms with Gasteiger partial charge in [0.25, 0.3) is 0 Å². The van der Waals surface area contributed by atoms with Crippen molar-refractivity contribution in [3.05, 3.63) is 22.9 Å². The zero-order valence-corrected chi connectivity index (χ0v) is 9.76. The third-order valence-electron chi connectivity index (χ3n) is 2.70. The van der Waals surface area contributed by atoms with E-state index in [0.717, 1.165) is 4.60 Å². The molecule has 1 saturated carbocycles. The van der Waals surface area contributed by atoms with Gasteiger partial charge in [0.05, 0.1) is 0 Å². The van der Waals surface area contributed by atoms with Crippen LogP contribution in [0.3, 0.4) is 0 Å². The number of pyridine rings is 1. The highest BCUT2D eigenvalue weighted by Gasteiger charge is 2.12. The van der Waals surface area contributed by atoms with Gasteiger partial charge in [0.2, 0.25) is 0 Å². The van der Waals surface area contributed by atoms with Gasteiger partial charge in [0.1, 0.15) is 4.60 Å². The molecule has 3 heteroatoms. The second-order valence-corrected chi connectivity index (χ2v) is 4.66. The van der Waals surface area contributed by atoms with Gasteiger partial charge in [-0.15, -0.1) is 0 Å². The van der Waals surface area contributed by atoms with E-state index < -0.39 is 0 Å². The largest absolute Gasteiger partial charge is 0.382 e. The third-order valence-corrected chi connectivity index (χ3v) is 3.14. The average molecular weight is 255 g/mol. The van der Waals surface area contributed by atoms with Gasteiger partial charge in [0, 0.05) is 17.9 Å². The molecular formula is C11H15BrN2. The Morgan fingerprint density at radius 1 is 1.29 bits per heavy atom. The van der Waals surface area contributed by atoms with E-state index in [2.05, 4.69) is 26.2 Å². The van der Waals surface area contributed by atoms with Crippen molar-refractivity contribution < 1.29 is 0 Å². The molecule has 0 aromatic carbocycles. The zero-order valence-electron chi connectivity index (χ0n) is 8.17. The van der Waals surface area contributed by atoms with Crippen LogP contribution in [0, 0.1) is 0 Å². The summed E-state index contributed by atoms with van der Waals surface area (Å²) < 4.78 is 0.901. The first-order chi connectivity index (χ1) is 6.84. The molecule has 0 radical (unpaired) electrons. The van der Waals surface area contributed by atoms with Gasteiger partial charge in [-0.25, -0.2) is 4.98 Å². The van der Waals surface area contributed by atoms with E-state index in [1.54, 1.807) is 0 Å². The molecule has 1 fully saturated rings. The number of aromatic nitrogens is 1. The van der Waals surface area contributed by atoms with Crippen molar-refractivity contribution in [3.8, 4) is 0 Å². The van der Waals surface area contributed by atoms with Gasteiger partial charge in [-0.05, 0) is 40.9 Å². The molecule has 2 rings (SSSR count). The minimum Gasteiger partial charge on any atom is -0.382 e. The zero-order chi connectivity index (χ0) is 9.80. The van der Waals surface area contributed by atoms with Crippen LogP contribution < -0.4 is 5.32 Å². The standard InChI is InChI=1S/C11H15BrN2/c12-11-8-10(6-7-13-11)14-9-4-2-1-3-5-9/h6-9H,1-5H2,(H,13,14). The smallest absolute Gasteiger partial charge is 0.108 e. The maximum atomic E-state index is 4.11. The Morgan fingerprint density at radius 3 is 2.79 bits per heavy atom. The predicted molar refractivity (Wildman–Crippen MR) is 62.4 cm³/mol. The summed E-state index contributed by atoms with van der Waals surface area (Å²) in [6.45, 7) is 0. The Bertz CT molecular complexity index is 295. The second-order valence-electron chi connectivity index (χ2n) is 3.85. The molecule has 0 spiro atoms. The van der Waals surface area contributed by atoms with E-state index in [1.807, 2.05) is 18.3 Å². The van der Waals surface area contributed by atoms with Crippen LogP contribution in [0.15, 0.2) is 22.9 Å². The molecule has 1 aromatic heterocycles. The van der Waals surface area contributed by atoms with E-state index in [4.69, 9.17) is 0 Å². The first-order valence-electron chi connectivity index (χ1n) is 5.23. The van der Waals surface area contributed by atoms with E-state index >= 15 is 0 Å². The minimum atomic E-state index is 0.665. The molecule has 0 atom stereocenters. The summed E-state index contributed by atoms with van der Waals surface area (Å²) in [5, 5.41) is 3.55. The number of anilines is 1. The molecule has 0 amide bonds. The molecule has 1 aromatic rings. The summed E-state index contributed by atoms with van der Waals surface area (Å²) in [6, 6.07) is 4.73. The van der Waals surface area contributed by atoms with Crippen molar-refractivity contribution in [1.29, 1.82) is 0 Å². The van der Waals surface area contributed by atoms with Crippen molar-refractivity contribution in [2.45, 2.75) is 38.1 Å². The SMILES string of the molecule is Brc1cc(NC2CCCCC2)ccn1. The van der Waals surface area contributed by atoms with Crippen LogP contribution >= 0.6 is 15.9 Å². The number of nitrogens with one attached hydrogen (secondary N) is 1. The Hall–Kier alpha value is -0.570. The number of rotatable bonds is 2. The van der Waals surface area contributed by atoms with Crippen LogP contribution in [0.5, 0.6) is 0 Å². The molecule has 0 unspecified atom stereocenters. The lowest BCUT2D eigenvalue weighted by Gasteiger charge is -2.23. The average Bonchev–Trinajstić information content (AvgIpc) is 2.19. The fourth-order valence-electron chi connectivity index (χ4n) is 1.97. The third kappa shape index (κ3) is 2.71. The van der Waals surface area contributed by atoms with E-state index in [1.165, 1.54) is 37.8 Å². The lowest BCUT2D eigenvalue weighted by Crippen LogP contribution is -2.22.